The summed E-state index contributed by atoms with van der Waals surface area (Å²) in [4.78, 5) is 0. The number of ether oxygens (including phenoxy) is 2. The molecule has 2 heterocycles. The average Bonchev–Trinajstić information content (AvgIpc) is 2.60. The first kappa shape index (κ1) is 16.1. The number of hydrogen-bond acceptors (Lipinski definition) is 2. The van der Waals surface area contributed by atoms with Gasteiger partial charge >= 0.3 is 0 Å². The minimum absolute atomic E-state index is 0.770. The highest BCUT2D eigenvalue weighted by molar-refractivity contribution is 5.56. The molecule has 24 heavy (non-hydrogen) atoms. The van der Waals surface area contributed by atoms with Gasteiger partial charge in [-0.15, -0.1) is 0 Å². The predicted molar refractivity (Wildman–Crippen MR) is 99.2 cm³/mol. The Kier molecular flexibility index (Phi) is 4.57. The van der Waals surface area contributed by atoms with E-state index in [1.54, 1.807) is 6.08 Å². The quantitative estimate of drug-likeness (QED) is 0.720. The third-order valence-electron chi connectivity index (χ3n) is 4.20. The maximum atomic E-state index is 6.13. The largest absolute Gasteiger partial charge is 0.457 e. The zero-order valence-corrected chi connectivity index (χ0v) is 14.3. The molecule has 2 nitrogen and oxygen atoms in total. The Balaban J connectivity index is 2.01. The Morgan fingerprint density at radius 1 is 0.792 bits per heavy atom. The second-order valence-electron chi connectivity index (χ2n) is 5.81. The maximum Gasteiger partial charge on any atom is 0.134 e. The van der Waals surface area contributed by atoms with Crippen molar-refractivity contribution in [2.75, 3.05) is 0 Å². The summed E-state index contributed by atoms with van der Waals surface area (Å²) >= 11 is 0. The van der Waals surface area contributed by atoms with Gasteiger partial charge in [-0.05, 0) is 54.3 Å². The van der Waals surface area contributed by atoms with E-state index in [1.165, 1.54) is 11.1 Å². The first-order chi connectivity index (χ1) is 11.7. The van der Waals surface area contributed by atoms with Crippen molar-refractivity contribution in [1.29, 1.82) is 0 Å². The molecule has 2 aliphatic rings. The molecule has 0 fully saturated rings. The van der Waals surface area contributed by atoms with Crippen molar-refractivity contribution in [1.82, 2.24) is 0 Å². The Bertz CT molecular complexity index is 750. The van der Waals surface area contributed by atoms with E-state index in [2.05, 4.69) is 25.3 Å². The lowest BCUT2D eigenvalue weighted by Gasteiger charge is -2.26. The normalized spacial score (nSPS) is 16.8. The zero-order valence-electron chi connectivity index (χ0n) is 14.3. The average molecular weight is 318 g/mol. The predicted octanol–water partition coefficient (Wildman–Crippen LogP) is 5.59. The van der Waals surface area contributed by atoms with Crippen molar-refractivity contribution in [3.8, 4) is 11.5 Å². The Hall–Kier alpha value is -2.74. The number of fused-ring (bicyclic) bond motifs is 2. The summed E-state index contributed by atoms with van der Waals surface area (Å²) in [5.74, 6) is 3.36. The van der Waals surface area contributed by atoms with Crippen LogP contribution in [0.2, 0.25) is 0 Å². The molecule has 0 aliphatic carbocycles. The first-order valence-electron chi connectivity index (χ1n) is 8.18. The molecule has 0 unspecified atom stereocenters. The molecule has 0 spiro atoms. The molecule has 1 aromatic rings. The molecule has 0 atom stereocenters. The van der Waals surface area contributed by atoms with Crippen LogP contribution in [0.3, 0.4) is 0 Å². The van der Waals surface area contributed by atoms with Gasteiger partial charge in [0.15, 0.2) is 0 Å². The van der Waals surface area contributed by atoms with Crippen LogP contribution in [-0.2, 0) is 12.8 Å². The van der Waals surface area contributed by atoms with Crippen LogP contribution in [0.15, 0.2) is 84.4 Å². The van der Waals surface area contributed by atoms with Gasteiger partial charge in [0.05, 0.1) is 0 Å². The van der Waals surface area contributed by atoms with E-state index in [0.29, 0.717) is 0 Å². The van der Waals surface area contributed by atoms with Gasteiger partial charge in [-0.1, -0.05) is 37.5 Å². The van der Waals surface area contributed by atoms with E-state index < -0.39 is 0 Å². The Morgan fingerprint density at radius 3 is 2.00 bits per heavy atom. The lowest BCUT2D eigenvalue weighted by Crippen LogP contribution is -2.12. The SMILES string of the molecule is C=CC1=C(C=C)Oc2cc3c(cc2C1)CC(/C=C\C)=C(/C=C\C)O3. The van der Waals surface area contributed by atoms with Gasteiger partial charge in [-0.25, -0.2) is 0 Å². The highest BCUT2D eigenvalue weighted by atomic mass is 16.5. The molecule has 122 valence electrons. The van der Waals surface area contributed by atoms with Gasteiger partial charge in [-0.3, -0.25) is 0 Å². The smallest absolute Gasteiger partial charge is 0.134 e. The van der Waals surface area contributed by atoms with E-state index in [1.807, 2.05) is 44.2 Å². The molecule has 2 aliphatic heterocycles. The van der Waals surface area contributed by atoms with Crippen molar-refractivity contribution in [3.05, 3.63) is 95.5 Å². The van der Waals surface area contributed by atoms with Crippen molar-refractivity contribution in [2.24, 2.45) is 0 Å². The van der Waals surface area contributed by atoms with Crippen molar-refractivity contribution < 1.29 is 9.47 Å². The summed E-state index contributed by atoms with van der Waals surface area (Å²) in [6, 6.07) is 4.17. The fourth-order valence-electron chi connectivity index (χ4n) is 3.06. The van der Waals surface area contributed by atoms with Crippen LogP contribution in [0.5, 0.6) is 11.5 Å². The number of benzene rings is 1. The molecule has 0 amide bonds. The van der Waals surface area contributed by atoms with Crippen LogP contribution in [-0.4, -0.2) is 0 Å². The fourth-order valence-corrected chi connectivity index (χ4v) is 3.06. The Labute approximate surface area is 143 Å². The molecular weight excluding hydrogens is 296 g/mol. The highest BCUT2D eigenvalue weighted by Crippen LogP contribution is 2.40. The monoisotopic (exact) mass is 318 g/mol. The second-order valence-corrected chi connectivity index (χ2v) is 5.81. The van der Waals surface area contributed by atoms with Gasteiger partial charge in [0.25, 0.3) is 0 Å². The lowest BCUT2D eigenvalue weighted by molar-refractivity contribution is 0.400. The molecule has 0 radical (unpaired) electrons. The minimum Gasteiger partial charge on any atom is -0.457 e. The minimum atomic E-state index is 0.770. The molecule has 0 bridgehead atoms. The molecular formula is C22H22O2. The summed E-state index contributed by atoms with van der Waals surface area (Å²) in [6.07, 6.45) is 13.4. The molecule has 0 saturated carbocycles. The molecule has 0 aromatic heterocycles. The van der Waals surface area contributed by atoms with Crippen LogP contribution in [0, 0.1) is 0 Å². The van der Waals surface area contributed by atoms with Gasteiger partial charge in [0, 0.05) is 18.9 Å². The number of hydrogen-bond donors (Lipinski definition) is 0. The van der Waals surface area contributed by atoms with Crippen LogP contribution in [0.25, 0.3) is 0 Å². The molecule has 1 aromatic carbocycles. The van der Waals surface area contributed by atoms with Crippen molar-refractivity contribution in [3.63, 3.8) is 0 Å². The maximum absolute atomic E-state index is 6.13. The zero-order chi connectivity index (χ0) is 17.1. The second kappa shape index (κ2) is 6.79. The summed E-state index contributed by atoms with van der Waals surface area (Å²) in [6.45, 7) is 11.7. The van der Waals surface area contributed by atoms with E-state index in [4.69, 9.17) is 9.47 Å². The summed E-state index contributed by atoms with van der Waals surface area (Å²) < 4.78 is 12.1. The molecule has 2 heteroatoms. The lowest BCUT2D eigenvalue weighted by atomic mass is 9.93. The van der Waals surface area contributed by atoms with E-state index in [0.717, 1.165) is 47.0 Å². The summed E-state index contributed by atoms with van der Waals surface area (Å²) in [7, 11) is 0. The topological polar surface area (TPSA) is 18.5 Å². The van der Waals surface area contributed by atoms with Crippen LogP contribution < -0.4 is 9.47 Å². The van der Waals surface area contributed by atoms with Gasteiger partial charge in [-0.2, -0.15) is 0 Å². The van der Waals surface area contributed by atoms with Gasteiger partial charge in [0.2, 0.25) is 0 Å². The van der Waals surface area contributed by atoms with Gasteiger partial charge in [0.1, 0.15) is 23.0 Å². The molecule has 0 N–H and O–H groups in total. The molecule has 0 saturated heterocycles. The summed E-state index contributed by atoms with van der Waals surface area (Å²) in [5, 5.41) is 0. The fraction of sp³-hybridized carbons (Fsp3) is 0.182. The van der Waals surface area contributed by atoms with E-state index in [9.17, 15) is 0 Å². The van der Waals surface area contributed by atoms with E-state index >= 15 is 0 Å². The highest BCUT2D eigenvalue weighted by Gasteiger charge is 2.23. The number of allylic oxidation sites excluding steroid dienone is 8. The van der Waals surface area contributed by atoms with Crippen LogP contribution >= 0.6 is 0 Å². The van der Waals surface area contributed by atoms with Crippen LogP contribution in [0.4, 0.5) is 0 Å². The van der Waals surface area contributed by atoms with E-state index in [-0.39, 0.29) is 0 Å². The van der Waals surface area contributed by atoms with Crippen molar-refractivity contribution in [2.45, 2.75) is 26.7 Å². The Morgan fingerprint density at radius 2 is 1.42 bits per heavy atom. The van der Waals surface area contributed by atoms with Crippen LogP contribution in [0.1, 0.15) is 25.0 Å². The standard InChI is InChI=1S/C22H22O2/c1-5-9-16-12-18-13-17-11-15(7-3)19(8-4)23-21(17)14-22(18)24-20(16)10-6-2/h5-10,13-14H,3-4,11-12H2,1-2H3/b9-5-,10-6-. The summed E-state index contributed by atoms with van der Waals surface area (Å²) in [5.41, 5.74) is 4.59. The van der Waals surface area contributed by atoms with Crippen molar-refractivity contribution >= 4 is 0 Å². The third kappa shape index (κ3) is 2.88. The first-order valence-corrected chi connectivity index (χ1v) is 8.18. The number of rotatable bonds is 4. The van der Waals surface area contributed by atoms with Gasteiger partial charge < -0.3 is 9.47 Å². The molecule has 3 rings (SSSR count). The third-order valence-corrected chi connectivity index (χ3v) is 4.20.